The van der Waals surface area contributed by atoms with Gasteiger partial charge >= 0.3 is 0 Å². The van der Waals surface area contributed by atoms with Crippen molar-refractivity contribution in [3.05, 3.63) is 58.3 Å². The third-order valence-electron chi connectivity index (χ3n) is 3.81. The van der Waals surface area contributed by atoms with E-state index in [0.29, 0.717) is 18.0 Å². The highest BCUT2D eigenvalue weighted by atomic mass is 16.1. The van der Waals surface area contributed by atoms with Crippen LogP contribution in [0.1, 0.15) is 31.1 Å². The molecule has 3 aromatic rings. The Morgan fingerprint density at radius 3 is 2.86 bits per heavy atom. The molecular weight excluding hydrogens is 276 g/mol. The van der Waals surface area contributed by atoms with E-state index in [0.717, 1.165) is 22.3 Å². The van der Waals surface area contributed by atoms with E-state index >= 15 is 0 Å². The molecule has 0 spiro atoms. The van der Waals surface area contributed by atoms with Crippen LogP contribution in [0.4, 0.5) is 5.69 Å². The Morgan fingerprint density at radius 1 is 1.32 bits per heavy atom. The summed E-state index contributed by atoms with van der Waals surface area (Å²) in [4.78, 5) is 14.5. The van der Waals surface area contributed by atoms with Crippen molar-refractivity contribution < 1.29 is 0 Å². The average molecular weight is 296 g/mol. The van der Waals surface area contributed by atoms with Crippen LogP contribution < -0.4 is 10.9 Å². The van der Waals surface area contributed by atoms with Crippen LogP contribution in [0.2, 0.25) is 0 Å². The molecule has 2 aromatic heterocycles. The van der Waals surface area contributed by atoms with Crippen LogP contribution in [0, 0.1) is 6.92 Å². The third kappa shape index (κ3) is 2.74. The summed E-state index contributed by atoms with van der Waals surface area (Å²) in [5.74, 6) is 0. The number of rotatable bonds is 4. The van der Waals surface area contributed by atoms with E-state index < -0.39 is 0 Å². The van der Waals surface area contributed by atoms with E-state index in [4.69, 9.17) is 0 Å². The molecule has 0 bridgehead atoms. The largest absolute Gasteiger partial charge is 0.381 e. The van der Waals surface area contributed by atoms with Gasteiger partial charge in [0.2, 0.25) is 0 Å². The van der Waals surface area contributed by atoms with Gasteiger partial charge in [0, 0.05) is 41.6 Å². The van der Waals surface area contributed by atoms with E-state index in [-0.39, 0.29) is 5.56 Å². The lowest BCUT2D eigenvalue weighted by atomic mass is 10.1. The fourth-order valence-electron chi connectivity index (χ4n) is 2.45. The first-order valence-electron chi connectivity index (χ1n) is 7.44. The number of pyridine rings is 1. The predicted octanol–water partition coefficient (Wildman–Crippen LogP) is 3.23. The number of benzene rings is 1. The highest BCUT2D eigenvalue weighted by Gasteiger charge is 2.07. The van der Waals surface area contributed by atoms with Crippen LogP contribution in [-0.2, 0) is 6.54 Å². The lowest BCUT2D eigenvalue weighted by Gasteiger charge is -2.07. The highest BCUT2D eigenvalue weighted by Crippen LogP contribution is 2.17. The molecule has 2 N–H and O–H groups in total. The second-order valence-electron chi connectivity index (χ2n) is 5.78. The molecule has 0 fully saturated rings. The van der Waals surface area contributed by atoms with Gasteiger partial charge in [-0.2, -0.15) is 5.10 Å². The van der Waals surface area contributed by atoms with Crippen LogP contribution in [0.25, 0.3) is 10.8 Å². The van der Waals surface area contributed by atoms with Gasteiger partial charge in [0.15, 0.2) is 0 Å². The molecule has 0 aliphatic heterocycles. The molecule has 3 rings (SSSR count). The number of nitrogens with one attached hydrogen (secondary N) is 2. The zero-order chi connectivity index (χ0) is 15.7. The van der Waals surface area contributed by atoms with Crippen molar-refractivity contribution in [2.24, 2.45) is 0 Å². The maximum atomic E-state index is 11.8. The lowest BCUT2D eigenvalue weighted by molar-refractivity contribution is 0.529. The fraction of sp³-hybridized carbons (Fsp3) is 0.294. The molecule has 114 valence electrons. The van der Waals surface area contributed by atoms with Crippen molar-refractivity contribution in [3.8, 4) is 0 Å². The molecule has 0 unspecified atom stereocenters. The molecule has 0 amide bonds. The minimum atomic E-state index is -0.0649. The SMILES string of the molecule is Cc1nn(C(C)C)cc1CNc1ccc2cc[nH]c(=O)c2c1. The lowest BCUT2D eigenvalue weighted by Crippen LogP contribution is -2.06. The molecule has 0 radical (unpaired) electrons. The predicted molar refractivity (Wildman–Crippen MR) is 89.2 cm³/mol. The summed E-state index contributed by atoms with van der Waals surface area (Å²) < 4.78 is 1.97. The topological polar surface area (TPSA) is 62.7 Å². The van der Waals surface area contributed by atoms with Crippen molar-refractivity contribution in [2.75, 3.05) is 5.32 Å². The Balaban J connectivity index is 1.82. The number of H-pyrrole nitrogens is 1. The fourth-order valence-corrected chi connectivity index (χ4v) is 2.45. The number of hydrogen-bond acceptors (Lipinski definition) is 3. The third-order valence-corrected chi connectivity index (χ3v) is 3.81. The molecule has 22 heavy (non-hydrogen) atoms. The first-order chi connectivity index (χ1) is 10.5. The monoisotopic (exact) mass is 296 g/mol. The van der Waals surface area contributed by atoms with Crippen LogP contribution in [0.15, 0.2) is 41.5 Å². The van der Waals surface area contributed by atoms with Gasteiger partial charge in [-0.15, -0.1) is 0 Å². The zero-order valence-electron chi connectivity index (χ0n) is 13.1. The van der Waals surface area contributed by atoms with Crippen molar-refractivity contribution in [1.29, 1.82) is 0 Å². The Kier molecular flexibility index (Phi) is 3.71. The summed E-state index contributed by atoms with van der Waals surface area (Å²) >= 11 is 0. The summed E-state index contributed by atoms with van der Waals surface area (Å²) in [5, 5.41) is 9.51. The Morgan fingerprint density at radius 2 is 2.14 bits per heavy atom. The molecule has 5 nitrogen and oxygen atoms in total. The summed E-state index contributed by atoms with van der Waals surface area (Å²) in [7, 11) is 0. The molecule has 0 atom stereocenters. The maximum absolute atomic E-state index is 11.8. The number of aromatic nitrogens is 3. The van der Waals surface area contributed by atoms with Gasteiger partial charge in [0.1, 0.15) is 0 Å². The van der Waals surface area contributed by atoms with Crippen molar-refractivity contribution in [1.82, 2.24) is 14.8 Å². The van der Waals surface area contributed by atoms with Crippen LogP contribution in [-0.4, -0.2) is 14.8 Å². The second-order valence-corrected chi connectivity index (χ2v) is 5.78. The molecule has 5 heteroatoms. The second kappa shape index (κ2) is 5.67. The summed E-state index contributed by atoms with van der Waals surface area (Å²) in [6, 6.07) is 8.08. The molecule has 0 saturated carbocycles. The van der Waals surface area contributed by atoms with Crippen molar-refractivity contribution >= 4 is 16.5 Å². The van der Waals surface area contributed by atoms with Gasteiger partial charge in [-0.1, -0.05) is 6.07 Å². The van der Waals surface area contributed by atoms with Crippen LogP contribution in [0.3, 0.4) is 0 Å². The van der Waals surface area contributed by atoms with E-state index in [1.54, 1.807) is 6.20 Å². The zero-order valence-corrected chi connectivity index (χ0v) is 13.1. The number of hydrogen-bond donors (Lipinski definition) is 2. The quantitative estimate of drug-likeness (QED) is 0.777. The maximum Gasteiger partial charge on any atom is 0.255 e. The number of aromatic amines is 1. The van der Waals surface area contributed by atoms with Crippen LogP contribution >= 0.6 is 0 Å². The number of fused-ring (bicyclic) bond motifs is 1. The number of aryl methyl sites for hydroxylation is 1. The first kappa shape index (κ1) is 14.4. The molecule has 0 aliphatic rings. The van der Waals surface area contributed by atoms with E-state index in [1.807, 2.05) is 35.9 Å². The normalized spacial score (nSPS) is 11.3. The smallest absolute Gasteiger partial charge is 0.255 e. The Labute approximate surface area is 129 Å². The standard InChI is InChI=1S/C17H20N4O/c1-11(2)21-10-14(12(3)20-21)9-19-15-5-4-13-6-7-18-17(22)16(13)8-15/h4-8,10-11,19H,9H2,1-3H3,(H,18,22). The molecule has 0 aliphatic carbocycles. The van der Waals surface area contributed by atoms with Gasteiger partial charge in [0.05, 0.1) is 5.69 Å². The van der Waals surface area contributed by atoms with E-state index in [1.165, 1.54) is 0 Å². The molecule has 0 saturated heterocycles. The summed E-state index contributed by atoms with van der Waals surface area (Å²) in [5.41, 5.74) is 3.06. The Bertz CT molecular complexity index is 860. The van der Waals surface area contributed by atoms with E-state index in [9.17, 15) is 4.79 Å². The molecular formula is C17H20N4O. The number of nitrogens with zero attached hydrogens (tertiary/aromatic N) is 2. The highest BCUT2D eigenvalue weighted by molar-refractivity contribution is 5.84. The average Bonchev–Trinajstić information content (AvgIpc) is 2.87. The van der Waals surface area contributed by atoms with Gasteiger partial charge in [-0.3, -0.25) is 9.48 Å². The van der Waals surface area contributed by atoms with Crippen molar-refractivity contribution in [3.63, 3.8) is 0 Å². The molecule has 1 aromatic carbocycles. The minimum absolute atomic E-state index is 0.0649. The van der Waals surface area contributed by atoms with Gasteiger partial charge in [-0.05, 0) is 44.4 Å². The summed E-state index contributed by atoms with van der Waals surface area (Å²) in [6.07, 6.45) is 3.74. The van der Waals surface area contributed by atoms with Crippen LogP contribution in [0.5, 0.6) is 0 Å². The van der Waals surface area contributed by atoms with Gasteiger partial charge in [-0.25, -0.2) is 0 Å². The van der Waals surface area contributed by atoms with Crippen molar-refractivity contribution in [2.45, 2.75) is 33.4 Å². The minimum Gasteiger partial charge on any atom is -0.381 e. The van der Waals surface area contributed by atoms with Gasteiger partial charge in [0.25, 0.3) is 5.56 Å². The van der Waals surface area contributed by atoms with Gasteiger partial charge < -0.3 is 10.3 Å². The Hall–Kier alpha value is -2.56. The molecule has 2 heterocycles. The number of anilines is 1. The summed E-state index contributed by atoms with van der Waals surface area (Å²) in [6.45, 7) is 6.92. The first-order valence-corrected chi connectivity index (χ1v) is 7.44. The van der Waals surface area contributed by atoms with E-state index in [2.05, 4.69) is 35.4 Å².